The molecule has 1 aromatic heterocycles. The summed E-state index contributed by atoms with van der Waals surface area (Å²) < 4.78 is 19.6. The normalized spacial score (nSPS) is 12.2. The van der Waals surface area contributed by atoms with Crippen molar-refractivity contribution in [3.63, 3.8) is 0 Å². The predicted molar refractivity (Wildman–Crippen MR) is 75.5 cm³/mol. The van der Waals surface area contributed by atoms with Gasteiger partial charge in [-0.15, -0.1) is 0 Å². The fraction of sp³-hybridized carbons (Fsp3) is 0.214. The molecule has 1 atom stereocenters. The Hall–Kier alpha value is -1.46. The molecule has 1 aromatic carbocycles. The van der Waals surface area contributed by atoms with Crippen LogP contribution in [0, 0.1) is 5.82 Å². The van der Waals surface area contributed by atoms with E-state index in [0.717, 1.165) is 5.56 Å². The summed E-state index contributed by atoms with van der Waals surface area (Å²) in [6, 6.07) is 8.22. The van der Waals surface area contributed by atoms with Crippen molar-refractivity contribution in [3.05, 3.63) is 57.9 Å². The first-order valence-electron chi connectivity index (χ1n) is 5.80. The number of aromatic nitrogens is 1. The number of benzene rings is 1. The lowest BCUT2D eigenvalue weighted by atomic mass is 10.0. The molecule has 1 heterocycles. The second kappa shape index (κ2) is 6.12. The fourth-order valence-electron chi connectivity index (χ4n) is 1.89. The zero-order valence-electron chi connectivity index (χ0n) is 10.4. The Kier molecular flexibility index (Phi) is 4.50. The van der Waals surface area contributed by atoms with E-state index in [1.807, 2.05) is 6.07 Å². The molecule has 19 heavy (non-hydrogen) atoms. The molecular formula is C14H14BrFN2O. The largest absolute Gasteiger partial charge is 0.481 e. The second-order valence-corrected chi connectivity index (χ2v) is 5.06. The average molecular weight is 325 g/mol. The topological polar surface area (TPSA) is 48.1 Å². The van der Waals surface area contributed by atoms with Gasteiger partial charge in [-0.25, -0.2) is 9.37 Å². The van der Waals surface area contributed by atoms with Crippen LogP contribution in [0.25, 0.3) is 0 Å². The van der Waals surface area contributed by atoms with Gasteiger partial charge in [-0.2, -0.15) is 0 Å². The molecule has 0 radical (unpaired) electrons. The van der Waals surface area contributed by atoms with Gasteiger partial charge in [-0.1, -0.05) is 28.1 Å². The Labute approximate surface area is 119 Å². The summed E-state index contributed by atoms with van der Waals surface area (Å²) in [6.07, 6.45) is 2.02. The van der Waals surface area contributed by atoms with Crippen molar-refractivity contribution in [3.8, 4) is 5.88 Å². The molecule has 0 spiro atoms. The molecule has 0 saturated heterocycles. The van der Waals surface area contributed by atoms with Gasteiger partial charge in [-0.05, 0) is 30.2 Å². The van der Waals surface area contributed by atoms with Gasteiger partial charge in [-0.3, -0.25) is 0 Å². The van der Waals surface area contributed by atoms with Gasteiger partial charge in [0.25, 0.3) is 0 Å². The Morgan fingerprint density at radius 2 is 2.21 bits per heavy atom. The molecule has 0 fully saturated rings. The van der Waals surface area contributed by atoms with E-state index in [-0.39, 0.29) is 11.9 Å². The maximum atomic E-state index is 13.8. The molecule has 2 N–H and O–H groups in total. The number of hydrogen-bond acceptors (Lipinski definition) is 3. The van der Waals surface area contributed by atoms with E-state index in [1.54, 1.807) is 31.5 Å². The molecule has 0 saturated carbocycles. The van der Waals surface area contributed by atoms with Crippen LogP contribution in [0.3, 0.4) is 0 Å². The van der Waals surface area contributed by atoms with Crippen molar-refractivity contribution in [2.24, 2.45) is 5.73 Å². The summed E-state index contributed by atoms with van der Waals surface area (Å²) >= 11 is 3.23. The van der Waals surface area contributed by atoms with Crippen molar-refractivity contribution in [2.45, 2.75) is 12.5 Å². The number of hydrogen-bond donors (Lipinski definition) is 1. The van der Waals surface area contributed by atoms with Crippen LogP contribution < -0.4 is 10.5 Å². The molecule has 3 nitrogen and oxygen atoms in total. The molecule has 0 aliphatic carbocycles. The Bertz CT molecular complexity index is 577. The molecule has 100 valence electrons. The lowest BCUT2D eigenvalue weighted by Gasteiger charge is -2.15. The average Bonchev–Trinajstić information content (AvgIpc) is 2.41. The molecule has 0 aliphatic rings. The highest BCUT2D eigenvalue weighted by atomic mass is 79.9. The summed E-state index contributed by atoms with van der Waals surface area (Å²) in [5, 5.41) is 0. The molecular weight excluding hydrogens is 311 g/mol. The summed E-state index contributed by atoms with van der Waals surface area (Å²) in [6.45, 7) is 0. The van der Waals surface area contributed by atoms with Crippen LogP contribution in [0.15, 0.2) is 41.0 Å². The summed E-state index contributed by atoms with van der Waals surface area (Å²) in [7, 11) is 1.54. The van der Waals surface area contributed by atoms with Crippen LogP contribution in [0.1, 0.15) is 17.2 Å². The lowest BCUT2D eigenvalue weighted by Crippen LogP contribution is -2.15. The predicted octanol–water partition coefficient (Wildman–Crippen LogP) is 3.23. The minimum Gasteiger partial charge on any atom is -0.481 e. The van der Waals surface area contributed by atoms with Crippen molar-refractivity contribution in [1.82, 2.24) is 4.98 Å². The minimum absolute atomic E-state index is 0.271. The third kappa shape index (κ3) is 3.30. The van der Waals surface area contributed by atoms with Crippen molar-refractivity contribution in [1.29, 1.82) is 0 Å². The quantitative estimate of drug-likeness (QED) is 0.939. The molecule has 0 aliphatic heterocycles. The smallest absolute Gasteiger partial charge is 0.217 e. The van der Waals surface area contributed by atoms with Gasteiger partial charge in [0, 0.05) is 22.3 Å². The number of rotatable bonds is 4. The number of nitrogens with two attached hydrogens (primary N) is 1. The molecule has 2 rings (SSSR count). The zero-order valence-corrected chi connectivity index (χ0v) is 12.0. The van der Waals surface area contributed by atoms with Gasteiger partial charge in [0.05, 0.1) is 7.11 Å². The molecule has 2 aromatic rings. The number of ether oxygens (including phenoxy) is 1. The zero-order chi connectivity index (χ0) is 13.8. The lowest BCUT2D eigenvalue weighted by molar-refractivity contribution is 0.388. The van der Waals surface area contributed by atoms with E-state index in [2.05, 4.69) is 20.9 Å². The fourth-order valence-corrected chi connectivity index (χ4v) is 2.22. The van der Waals surface area contributed by atoms with E-state index in [0.29, 0.717) is 22.3 Å². The van der Waals surface area contributed by atoms with E-state index in [1.165, 1.54) is 6.07 Å². The third-order valence-corrected chi connectivity index (χ3v) is 3.34. The standard InChI is InChI=1S/C14H14BrFN2O/c1-19-14-11(3-2-6-18-14)13(17)7-9-4-5-10(15)8-12(9)16/h2-6,8,13H,7,17H2,1H3. The van der Waals surface area contributed by atoms with Crippen LogP contribution in [0.5, 0.6) is 5.88 Å². The number of nitrogens with zero attached hydrogens (tertiary/aromatic N) is 1. The first-order chi connectivity index (χ1) is 9.11. The molecule has 0 amide bonds. The number of pyridine rings is 1. The number of halogens is 2. The third-order valence-electron chi connectivity index (χ3n) is 2.85. The first kappa shape index (κ1) is 14.0. The Balaban J connectivity index is 2.23. The highest BCUT2D eigenvalue weighted by molar-refractivity contribution is 9.10. The van der Waals surface area contributed by atoms with Gasteiger partial charge in [0.1, 0.15) is 5.82 Å². The SMILES string of the molecule is COc1ncccc1C(N)Cc1ccc(Br)cc1F. The van der Waals surface area contributed by atoms with Crippen molar-refractivity contribution in [2.75, 3.05) is 7.11 Å². The first-order valence-corrected chi connectivity index (χ1v) is 6.59. The summed E-state index contributed by atoms with van der Waals surface area (Å²) in [4.78, 5) is 4.09. The van der Waals surface area contributed by atoms with E-state index >= 15 is 0 Å². The van der Waals surface area contributed by atoms with Gasteiger partial charge >= 0.3 is 0 Å². The van der Waals surface area contributed by atoms with E-state index < -0.39 is 0 Å². The van der Waals surface area contributed by atoms with E-state index in [9.17, 15) is 4.39 Å². The monoisotopic (exact) mass is 324 g/mol. The summed E-state index contributed by atoms with van der Waals surface area (Å²) in [5.74, 6) is 0.209. The van der Waals surface area contributed by atoms with Gasteiger partial charge < -0.3 is 10.5 Å². The van der Waals surface area contributed by atoms with Crippen LogP contribution in [0.2, 0.25) is 0 Å². The van der Waals surface area contributed by atoms with Crippen LogP contribution in [-0.2, 0) is 6.42 Å². The van der Waals surface area contributed by atoms with Crippen molar-refractivity contribution >= 4 is 15.9 Å². The molecule has 1 unspecified atom stereocenters. The van der Waals surface area contributed by atoms with Crippen LogP contribution >= 0.6 is 15.9 Å². The number of methoxy groups -OCH3 is 1. The Morgan fingerprint density at radius 1 is 1.42 bits per heavy atom. The van der Waals surface area contributed by atoms with Crippen molar-refractivity contribution < 1.29 is 9.13 Å². The summed E-state index contributed by atoms with van der Waals surface area (Å²) in [5.41, 5.74) is 7.45. The maximum absolute atomic E-state index is 13.8. The maximum Gasteiger partial charge on any atom is 0.217 e. The van der Waals surface area contributed by atoms with Crippen LogP contribution in [-0.4, -0.2) is 12.1 Å². The highest BCUT2D eigenvalue weighted by Crippen LogP contribution is 2.25. The highest BCUT2D eigenvalue weighted by Gasteiger charge is 2.15. The van der Waals surface area contributed by atoms with E-state index in [4.69, 9.17) is 10.5 Å². The second-order valence-electron chi connectivity index (χ2n) is 4.15. The van der Waals surface area contributed by atoms with Gasteiger partial charge in [0.15, 0.2) is 0 Å². The molecule has 5 heteroatoms. The molecule has 0 bridgehead atoms. The Morgan fingerprint density at radius 3 is 2.89 bits per heavy atom. The minimum atomic E-state index is -0.362. The van der Waals surface area contributed by atoms with Crippen LogP contribution in [0.4, 0.5) is 4.39 Å². The van der Waals surface area contributed by atoms with Gasteiger partial charge in [0.2, 0.25) is 5.88 Å².